The molecule has 10 rings (SSSR count). The number of nitrogens with zero attached hydrogens (tertiary/aromatic N) is 4. The van der Waals surface area contributed by atoms with E-state index < -0.39 is 0 Å². The molecule has 50 heavy (non-hydrogen) atoms. The molecule has 5 heteroatoms. The van der Waals surface area contributed by atoms with E-state index in [0.29, 0.717) is 23.5 Å². The lowest BCUT2D eigenvalue weighted by Gasteiger charge is -2.17. The van der Waals surface area contributed by atoms with Gasteiger partial charge >= 0.3 is 0 Å². The van der Waals surface area contributed by atoms with Gasteiger partial charge in [0.1, 0.15) is 0 Å². The van der Waals surface area contributed by atoms with Crippen LogP contribution in [0.1, 0.15) is 1.37 Å². The van der Waals surface area contributed by atoms with Gasteiger partial charge in [-0.25, -0.2) is 15.0 Å². The highest BCUT2D eigenvalue weighted by Gasteiger charge is 2.20. The van der Waals surface area contributed by atoms with Gasteiger partial charge in [0.05, 0.1) is 18.1 Å². The first-order valence-electron chi connectivity index (χ1n) is 17.1. The van der Waals surface area contributed by atoms with Crippen molar-refractivity contribution in [1.29, 1.82) is 0 Å². The van der Waals surface area contributed by atoms with Crippen LogP contribution in [0.25, 0.3) is 93.0 Å². The predicted octanol–water partition coefficient (Wildman–Crippen LogP) is 12.0. The lowest BCUT2D eigenvalue weighted by molar-refractivity contribution is 1.07. The first-order chi connectivity index (χ1) is 25.2. The van der Waals surface area contributed by atoms with Crippen LogP contribution in [-0.4, -0.2) is 19.5 Å². The summed E-state index contributed by atoms with van der Waals surface area (Å²) in [5.74, 6) is 1.86. The summed E-state index contributed by atoms with van der Waals surface area (Å²) >= 11 is 1.69. The maximum absolute atomic E-state index is 8.72. The molecule has 0 saturated heterocycles. The van der Waals surface area contributed by atoms with E-state index >= 15 is 0 Å². The van der Waals surface area contributed by atoms with Gasteiger partial charge in [0, 0.05) is 58.8 Å². The monoisotopic (exact) mass is 657 g/mol. The Kier molecular flexibility index (Phi) is 6.39. The molecule has 0 bridgehead atoms. The molecular weight excluding hydrogens is 629 g/mol. The highest BCUT2D eigenvalue weighted by atomic mass is 32.1. The second kappa shape index (κ2) is 11.6. The number of rotatable bonds is 5. The number of thiophene rings is 1. The quantitative estimate of drug-likeness (QED) is 0.185. The summed E-state index contributed by atoms with van der Waals surface area (Å²) in [4.78, 5) is 15.1. The van der Waals surface area contributed by atoms with Crippen molar-refractivity contribution in [3.8, 4) is 51.0 Å². The molecule has 0 amide bonds. The smallest absolute Gasteiger partial charge is 0.164 e. The summed E-state index contributed by atoms with van der Waals surface area (Å²) in [7, 11) is 0. The zero-order valence-corrected chi connectivity index (χ0v) is 27.6. The van der Waals surface area contributed by atoms with Crippen LogP contribution in [0.3, 0.4) is 0 Å². The molecule has 0 aliphatic carbocycles. The molecule has 0 aliphatic heterocycles. The Labute approximate surface area is 294 Å². The number of aromatic nitrogens is 4. The molecule has 3 aromatic heterocycles. The van der Waals surface area contributed by atoms with Gasteiger partial charge in [-0.3, -0.25) is 0 Å². The van der Waals surface area contributed by atoms with E-state index in [-0.39, 0.29) is 0 Å². The van der Waals surface area contributed by atoms with Crippen molar-refractivity contribution in [2.24, 2.45) is 0 Å². The SMILES string of the molecule is [2H]c1cccc2c1sc1c(-c3cc(-c4nc(-c5ccccc5)nc(-c5ccccc5)n4)ccc3-n3c4ccccc4c4ccccc43)cccc12. The van der Waals surface area contributed by atoms with Gasteiger partial charge in [-0.1, -0.05) is 133 Å². The molecule has 0 aliphatic rings. The fourth-order valence-electron chi connectivity index (χ4n) is 7.10. The Morgan fingerprint density at radius 2 is 0.980 bits per heavy atom. The first-order valence-corrected chi connectivity index (χ1v) is 17.4. The van der Waals surface area contributed by atoms with Crippen molar-refractivity contribution in [1.82, 2.24) is 19.5 Å². The lowest BCUT2D eigenvalue weighted by Crippen LogP contribution is -2.02. The van der Waals surface area contributed by atoms with Crippen LogP contribution in [-0.2, 0) is 0 Å². The number of benzene rings is 7. The van der Waals surface area contributed by atoms with E-state index in [2.05, 4.69) is 95.6 Å². The third-order valence-electron chi connectivity index (χ3n) is 9.39. The minimum atomic E-state index is 0.545. The molecule has 4 nitrogen and oxygen atoms in total. The fourth-order valence-corrected chi connectivity index (χ4v) is 8.29. The molecule has 234 valence electrons. The zero-order valence-electron chi connectivity index (χ0n) is 27.8. The van der Waals surface area contributed by atoms with Gasteiger partial charge in [-0.05, 0) is 36.4 Å². The zero-order chi connectivity index (χ0) is 33.9. The van der Waals surface area contributed by atoms with E-state index in [0.717, 1.165) is 64.7 Å². The molecule has 0 atom stereocenters. The standard InChI is InChI=1S/C45H28N4S/c1-3-14-29(15-4-1)43-46-44(30-16-5-2-6-17-30)48-45(47-43)31-26-27-40(49-38-23-10-7-18-32(38)33-19-8-11-24-39(33)49)37(28-31)36-22-13-21-35-34-20-9-12-25-41(34)50-42(35)36/h1-28H/i25D. The van der Waals surface area contributed by atoms with E-state index in [1.807, 2.05) is 72.8 Å². The first kappa shape index (κ1) is 27.5. The fraction of sp³-hybridized carbons (Fsp3) is 0. The number of hydrogen-bond donors (Lipinski definition) is 0. The Morgan fingerprint density at radius 1 is 0.440 bits per heavy atom. The summed E-state index contributed by atoms with van der Waals surface area (Å²) < 4.78 is 13.2. The molecule has 7 aromatic carbocycles. The predicted molar refractivity (Wildman–Crippen MR) is 209 cm³/mol. The van der Waals surface area contributed by atoms with E-state index in [1.54, 1.807) is 11.3 Å². The van der Waals surface area contributed by atoms with Gasteiger partial charge < -0.3 is 4.57 Å². The van der Waals surface area contributed by atoms with Crippen molar-refractivity contribution < 1.29 is 1.37 Å². The largest absolute Gasteiger partial charge is 0.309 e. The second-order valence-corrected chi connectivity index (χ2v) is 13.4. The van der Waals surface area contributed by atoms with Gasteiger partial charge in [0.2, 0.25) is 0 Å². The van der Waals surface area contributed by atoms with E-state index in [1.165, 1.54) is 10.8 Å². The maximum atomic E-state index is 8.72. The summed E-state index contributed by atoms with van der Waals surface area (Å²) in [6, 6.07) is 57.0. The number of fused-ring (bicyclic) bond motifs is 6. The van der Waals surface area contributed by atoms with Gasteiger partial charge in [-0.2, -0.15) is 0 Å². The third-order valence-corrected chi connectivity index (χ3v) is 10.6. The molecule has 0 saturated carbocycles. The highest BCUT2D eigenvalue weighted by molar-refractivity contribution is 7.26. The number of para-hydroxylation sites is 2. The molecule has 0 radical (unpaired) electrons. The molecule has 0 N–H and O–H groups in total. The van der Waals surface area contributed by atoms with Gasteiger partial charge in [-0.15, -0.1) is 11.3 Å². The van der Waals surface area contributed by atoms with Crippen LogP contribution in [0.15, 0.2) is 170 Å². The Hall–Kier alpha value is -6.43. The second-order valence-electron chi connectivity index (χ2n) is 12.3. The maximum Gasteiger partial charge on any atom is 0.164 e. The normalized spacial score (nSPS) is 11.9. The van der Waals surface area contributed by atoms with Crippen molar-refractivity contribution in [2.45, 2.75) is 0 Å². The van der Waals surface area contributed by atoms with Crippen molar-refractivity contribution in [3.05, 3.63) is 170 Å². The number of hydrogen-bond acceptors (Lipinski definition) is 4. The third kappa shape index (κ3) is 4.63. The van der Waals surface area contributed by atoms with Gasteiger partial charge in [0.25, 0.3) is 0 Å². The summed E-state index contributed by atoms with van der Waals surface area (Å²) in [6.07, 6.45) is 0. The van der Waals surface area contributed by atoms with Crippen LogP contribution in [0.2, 0.25) is 0 Å². The van der Waals surface area contributed by atoms with Crippen LogP contribution in [0.4, 0.5) is 0 Å². The van der Waals surface area contributed by atoms with Crippen molar-refractivity contribution in [3.63, 3.8) is 0 Å². The minimum absolute atomic E-state index is 0.545. The highest BCUT2D eigenvalue weighted by Crippen LogP contribution is 2.44. The lowest BCUT2D eigenvalue weighted by atomic mass is 9.98. The van der Waals surface area contributed by atoms with Crippen LogP contribution >= 0.6 is 11.3 Å². The minimum Gasteiger partial charge on any atom is -0.309 e. The van der Waals surface area contributed by atoms with E-state index in [9.17, 15) is 0 Å². The van der Waals surface area contributed by atoms with Crippen molar-refractivity contribution >= 4 is 53.3 Å². The molecule has 0 spiro atoms. The molecular formula is C45H28N4S. The molecule has 10 aromatic rings. The van der Waals surface area contributed by atoms with Crippen LogP contribution in [0.5, 0.6) is 0 Å². The Bertz CT molecular complexity index is 2820. The topological polar surface area (TPSA) is 43.6 Å². The average Bonchev–Trinajstić information content (AvgIpc) is 3.75. The van der Waals surface area contributed by atoms with Gasteiger partial charge in [0.15, 0.2) is 17.5 Å². The molecule has 0 unspecified atom stereocenters. The molecule has 0 fully saturated rings. The van der Waals surface area contributed by atoms with Crippen LogP contribution in [0, 0.1) is 0 Å². The Morgan fingerprint density at radius 3 is 1.64 bits per heavy atom. The summed E-state index contributed by atoms with van der Waals surface area (Å²) in [5.41, 5.74) is 8.27. The average molecular weight is 658 g/mol. The molecule has 3 heterocycles. The van der Waals surface area contributed by atoms with Crippen molar-refractivity contribution in [2.75, 3.05) is 0 Å². The van der Waals surface area contributed by atoms with E-state index in [4.69, 9.17) is 16.3 Å². The summed E-state index contributed by atoms with van der Waals surface area (Å²) in [6.45, 7) is 0. The Balaban J connectivity index is 1.28. The summed E-state index contributed by atoms with van der Waals surface area (Å²) in [5, 5.41) is 4.67. The van der Waals surface area contributed by atoms with Crippen LogP contribution < -0.4 is 0 Å².